The molecule has 2 N–H and O–H groups in total. The highest BCUT2D eigenvalue weighted by atomic mass is 79.9. The number of hydrogen-bond donors (Lipinski definition) is 2. The van der Waals surface area contributed by atoms with E-state index in [0.717, 1.165) is 4.47 Å². The number of carbonyl (C=O) groups excluding carboxylic acids is 1. The monoisotopic (exact) mass is 408 g/mol. The van der Waals surface area contributed by atoms with Crippen LogP contribution in [0.2, 0.25) is 0 Å². The van der Waals surface area contributed by atoms with Crippen molar-refractivity contribution in [3.8, 4) is 5.75 Å². The molecular weight excluding hydrogens is 396 g/mol. The average Bonchev–Trinajstić information content (AvgIpc) is 2.38. The van der Waals surface area contributed by atoms with Crippen molar-refractivity contribution in [3.63, 3.8) is 0 Å². The van der Waals surface area contributed by atoms with Crippen molar-refractivity contribution in [2.45, 2.75) is 6.42 Å². The predicted molar refractivity (Wildman–Crippen MR) is 82.3 cm³/mol. The molecule has 1 rings (SSSR count). The lowest BCUT2D eigenvalue weighted by molar-refractivity contribution is -0.137. The Bertz CT molecular complexity index is 522. The van der Waals surface area contributed by atoms with Crippen molar-refractivity contribution in [1.29, 1.82) is 0 Å². The van der Waals surface area contributed by atoms with Gasteiger partial charge in [-0.15, -0.1) is 0 Å². The second kappa shape index (κ2) is 7.49. The van der Waals surface area contributed by atoms with Crippen molar-refractivity contribution < 1.29 is 19.4 Å². The van der Waals surface area contributed by atoms with E-state index < -0.39 is 12.0 Å². The van der Waals surface area contributed by atoms with Gasteiger partial charge in [0, 0.05) is 24.1 Å². The molecule has 0 spiro atoms. The smallest absolute Gasteiger partial charge is 0.321 e. The van der Waals surface area contributed by atoms with Crippen LogP contribution < -0.4 is 10.1 Å². The molecule has 110 valence electrons. The maximum absolute atomic E-state index is 11.9. The molecule has 6 nitrogen and oxygen atoms in total. The first-order valence-corrected chi connectivity index (χ1v) is 7.20. The van der Waals surface area contributed by atoms with Crippen LogP contribution in [0, 0.1) is 0 Å². The number of carboxylic acids is 1. The number of carbonyl (C=O) groups is 2. The van der Waals surface area contributed by atoms with Gasteiger partial charge in [0.15, 0.2) is 0 Å². The van der Waals surface area contributed by atoms with Crippen LogP contribution in [0.3, 0.4) is 0 Å². The number of methoxy groups -OCH3 is 1. The molecule has 0 aromatic heterocycles. The van der Waals surface area contributed by atoms with Crippen LogP contribution in [-0.2, 0) is 4.79 Å². The maximum atomic E-state index is 11.9. The lowest BCUT2D eigenvalue weighted by Crippen LogP contribution is -2.33. The summed E-state index contributed by atoms with van der Waals surface area (Å²) >= 11 is 6.67. The van der Waals surface area contributed by atoms with Crippen LogP contribution in [0.15, 0.2) is 21.1 Å². The standard InChI is InChI=1S/C12H14Br2N2O4/c1-16(4-3-11(17)18)12(19)15-9-6-10(20-2)8(14)5-7(9)13/h5-6H,3-4H2,1-2H3,(H,15,19)(H,17,18). The first kappa shape index (κ1) is 16.8. The Morgan fingerprint density at radius 2 is 2.00 bits per heavy atom. The number of aliphatic carboxylic acids is 1. The molecule has 0 fully saturated rings. The van der Waals surface area contributed by atoms with Crippen LogP contribution in [0.25, 0.3) is 0 Å². The normalized spacial score (nSPS) is 10.0. The van der Waals surface area contributed by atoms with Gasteiger partial charge < -0.3 is 20.1 Å². The van der Waals surface area contributed by atoms with E-state index >= 15 is 0 Å². The predicted octanol–water partition coefficient (Wildman–Crippen LogP) is 3.16. The number of benzene rings is 1. The van der Waals surface area contributed by atoms with Crippen LogP contribution in [0.1, 0.15) is 6.42 Å². The van der Waals surface area contributed by atoms with Crippen LogP contribution >= 0.6 is 31.9 Å². The Hall–Kier alpha value is -1.28. The third-order valence-corrected chi connectivity index (χ3v) is 3.77. The van der Waals surface area contributed by atoms with Crippen molar-refractivity contribution >= 4 is 49.5 Å². The lowest BCUT2D eigenvalue weighted by atomic mass is 10.3. The number of ether oxygens (including phenoxy) is 1. The van der Waals surface area contributed by atoms with Crippen molar-refractivity contribution in [2.75, 3.05) is 26.0 Å². The molecule has 0 atom stereocenters. The summed E-state index contributed by atoms with van der Waals surface area (Å²) in [4.78, 5) is 23.7. The van der Waals surface area contributed by atoms with Crippen LogP contribution in [-0.4, -0.2) is 42.7 Å². The van der Waals surface area contributed by atoms with E-state index in [9.17, 15) is 9.59 Å². The number of amides is 2. The zero-order valence-electron chi connectivity index (χ0n) is 10.9. The number of urea groups is 1. The van der Waals surface area contributed by atoms with Crippen LogP contribution in [0.4, 0.5) is 10.5 Å². The van der Waals surface area contributed by atoms with E-state index in [2.05, 4.69) is 37.2 Å². The molecule has 0 aliphatic heterocycles. The molecule has 0 bridgehead atoms. The first-order valence-electron chi connectivity index (χ1n) is 5.62. The Labute approximate surface area is 133 Å². The minimum Gasteiger partial charge on any atom is -0.495 e. The molecule has 0 aliphatic rings. The average molecular weight is 410 g/mol. The second-order valence-electron chi connectivity index (χ2n) is 3.96. The van der Waals surface area contributed by atoms with Gasteiger partial charge in [0.2, 0.25) is 0 Å². The number of nitrogens with zero attached hydrogens (tertiary/aromatic N) is 1. The van der Waals surface area contributed by atoms with Gasteiger partial charge in [0.05, 0.1) is 23.7 Å². The van der Waals surface area contributed by atoms with Crippen LogP contribution in [0.5, 0.6) is 5.75 Å². The molecular formula is C12H14Br2N2O4. The molecule has 0 aliphatic carbocycles. The number of carboxylic acid groups (broad SMARTS) is 1. The lowest BCUT2D eigenvalue weighted by Gasteiger charge is -2.18. The maximum Gasteiger partial charge on any atom is 0.321 e. The number of hydrogen-bond acceptors (Lipinski definition) is 3. The fourth-order valence-corrected chi connectivity index (χ4v) is 2.61. The first-order chi connectivity index (χ1) is 9.35. The summed E-state index contributed by atoms with van der Waals surface area (Å²) in [6.45, 7) is 0.131. The molecule has 20 heavy (non-hydrogen) atoms. The molecule has 0 heterocycles. The van der Waals surface area contributed by atoms with Gasteiger partial charge in [-0.05, 0) is 37.9 Å². The fraction of sp³-hybridized carbons (Fsp3) is 0.333. The van der Waals surface area contributed by atoms with E-state index in [1.165, 1.54) is 19.1 Å². The Morgan fingerprint density at radius 1 is 1.35 bits per heavy atom. The van der Waals surface area contributed by atoms with E-state index in [4.69, 9.17) is 9.84 Å². The number of rotatable bonds is 5. The van der Waals surface area contributed by atoms with E-state index in [1.807, 2.05) is 0 Å². The van der Waals surface area contributed by atoms with E-state index in [-0.39, 0.29) is 13.0 Å². The minimum absolute atomic E-state index is 0.102. The molecule has 0 saturated heterocycles. The topological polar surface area (TPSA) is 78.9 Å². The van der Waals surface area contributed by atoms with Gasteiger partial charge in [0.1, 0.15) is 5.75 Å². The summed E-state index contributed by atoms with van der Waals surface area (Å²) < 4.78 is 6.59. The van der Waals surface area contributed by atoms with Gasteiger partial charge in [-0.2, -0.15) is 0 Å². The number of nitrogens with one attached hydrogen (secondary N) is 1. The van der Waals surface area contributed by atoms with Gasteiger partial charge in [0.25, 0.3) is 0 Å². The third-order valence-electron chi connectivity index (χ3n) is 2.49. The summed E-state index contributed by atoms with van der Waals surface area (Å²) in [5.74, 6) is -0.368. The zero-order valence-corrected chi connectivity index (χ0v) is 14.1. The molecule has 0 radical (unpaired) electrons. The minimum atomic E-state index is -0.948. The van der Waals surface area contributed by atoms with Gasteiger partial charge >= 0.3 is 12.0 Å². The largest absolute Gasteiger partial charge is 0.495 e. The Kier molecular flexibility index (Phi) is 6.28. The number of halogens is 2. The summed E-state index contributed by atoms with van der Waals surface area (Å²) in [5, 5.41) is 11.3. The van der Waals surface area contributed by atoms with E-state index in [0.29, 0.717) is 15.9 Å². The molecule has 0 saturated carbocycles. The van der Waals surface area contributed by atoms with Gasteiger partial charge in [-0.1, -0.05) is 0 Å². The highest BCUT2D eigenvalue weighted by Crippen LogP contribution is 2.34. The summed E-state index contributed by atoms with van der Waals surface area (Å²) in [7, 11) is 3.06. The SMILES string of the molecule is COc1cc(NC(=O)N(C)CCC(=O)O)c(Br)cc1Br. The molecule has 0 unspecified atom stereocenters. The molecule has 8 heteroatoms. The van der Waals surface area contributed by atoms with Crippen molar-refractivity contribution in [2.24, 2.45) is 0 Å². The fourth-order valence-electron chi connectivity index (χ4n) is 1.36. The highest BCUT2D eigenvalue weighted by molar-refractivity contribution is 9.11. The quantitative estimate of drug-likeness (QED) is 0.782. The second-order valence-corrected chi connectivity index (χ2v) is 5.67. The summed E-state index contributed by atoms with van der Waals surface area (Å²) in [6, 6.07) is 3.03. The van der Waals surface area contributed by atoms with Gasteiger partial charge in [-0.25, -0.2) is 4.79 Å². The van der Waals surface area contributed by atoms with Crippen molar-refractivity contribution in [1.82, 2.24) is 4.90 Å². The summed E-state index contributed by atoms with van der Waals surface area (Å²) in [6.07, 6.45) is -0.102. The molecule has 1 aromatic carbocycles. The number of anilines is 1. The zero-order chi connectivity index (χ0) is 15.3. The highest BCUT2D eigenvalue weighted by Gasteiger charge is 2.14. The molecule has 2 amide bonds. The molecule has 1 aromatic rings. The third kappa shape index (κ3) is 4.68. The Morgan fingerprint density at radius 3 is 2.55 bits per heavy atom. The Balaban J connectivity index is 2.77. The van der Waals surface area contributed by atoms with E-state index in [1.54, 1.807) is 12.1 Å². The summed E-state index contributed by atoms with van der Waals surface area (Å²) in [5.41, 5.74) is 0.539. The van der Waals surface area contributed by atoms with Crippen molar-refractivity contribution in [3.05, 3.63) is 21.1 Å². The van der Waals surface area contributed by atoms with Gasteiger partial charge in [-0.3, -0.25) is 4.79 Å².